The Kier molecular flexibility index (Phi) is 3.62. The Morgan fingerprint density at radius 2 is 1.80 bits per heavy atom. The molecule has 0 radical (unpaired) electrons. The van der Waals surface area contributed by atoms with Crippen LogP contribution in [0.5, 0.6) is 11.5 Å². The third-order valence-corrected chi connectivity index (χ3v) is 1.67. The Morgan fingerprint density at radius 1 is 1.27 bits per heavy atom. The molecule has 0 heterocycles. The minimum atomic E-state index is -0.754. The first kappa shape index (κ1) is 11.0. The summed E-state index contributed by atoms with van der Waals surface area (Å²) in [4.78, 5) is 21.3. The Balaban J connectivity index is 2.69. The number of rotatable bonds is 4. The molecule has 1 rings (SSSR count). The molecule has 0 spiro atoms. The molecule has 0 N–H and O–H groups in total. The van der Waals surface area contributed by atoms with Gasteiger partial charge in [0.2, 0.25) is 0 Å². The fourth-order valence-electron chi connectivity index (χ4n) is 0.864. The maximum atomic E-state index is 11.1. The third kappa shape index (κ3) is 2.95. The molecule has 0 aliphatic heterocycles. The third-order valence-electron chi connectivity index (χ3n) is 1.67. The van der Waals surface area contributed by atoms with Gasteiger partial charge in [0, 0.05) is 0 Å². The van der Waals surface area contributed by atoms with Crippen LogP contribution in [0.15, 0.2) is 36.4 Å². The summed E-state index contributed by atoms with van der Waals surface area (Å²) in [5, 5.41) is 0. The molecule has 0 aliphatic rings. The number of hydrogen-bond acceptors (Lipinski definition) is 4. The maximum Gasteiger partial charge on any atom is 0.346 e. The van der Waals surface area contributed by atoms with Crippen LogP contribution in [0.4, 0.5) is 0 Å². The van der Waals surface area contributed by atoms with Gasteiger partial charge in [0.1, 0.15) is 11.5 Å². The fraction of sp³-hybridized carbons (Fsp3) is 0.0909. The van der Waals surface area contributed by atoms with Crippen LogP contribution in [0.1, 0.15) is 0 Å². The van der Waals surface area contributed by atoms with Gasteiger partial charge in [-0.1, -0.05) is 6.58 Å². The number of carbonyl (C=O) groups excluding carboxylic acids is 2. The molecule has 78 valence electrons. The second-order valence-electron chi connectivity index (χ2n) is 2.71. The second-order valence-corrected chi connectivity index (χ2v) is 2.71. The fourth-order valence-corrected chi connectivity index (χ4v) is 0.864. The van der Waals surface area contributed by atoms with Crippen LogP contribution in [0, 0.1) is 0 Å². The number of carbonyl (C=O) groups is 2. The van der Waals surface area contributed by atoms with Crippen molar-refractivity contribution in [1.29, 1.82) is 0 Å². The van der Waals surface area contributed by atoms with Crippen molar-refractivity contribution in [2.24, 2.45) is 0 Å². The van der Waals surface area contributed by atoms with Gasteiger partial charge in [-0.05, 0) is 24.3 Å². The lowest BCUT2D eigenvalue weighted by Gasteiger charge is -2.03. The second kappa shape index (κ2) is 4.95. The Bertz CT molecular complexity index is 378. The summed E-state index contributed by atoms with van der Waals surface area (Å²) in [5.41, 5.74) is -0.217. The Labute approximate surface area is 87.1 Å². The van der Waals surface area contributed by atoms with Crippen molar-refractivity contribution in [3.05, 3.63) is 36.4 Å². The summed E-state index contributed by atoms with van der Waals surface area (Å²) in [7, 11) is 1.54. The van der Waals surface area contributed by atoms with Crippen LogP contribution < -0.4 is 9.47 Å². The molecule has 0 unspecified atom stereocenters. The van der Waals surface area contributed by atoms with Gasteiger partial charge in [0.25, 0.3) is 0 Å². The van der Waals surface area contributed by atoms with E-state index in [4.69, 9.17) is 9.47 Å². The zero-order valence-corrected chi connectivity index (χ0v) is 8.23. The van der Waals surface area contributed by atoms with Crippen molar-refractivity contribution < 1.29 is 19.1 Å². The summed E-state index contributed by atoms with van der Waals surface area (Å²) >= 11 is 0. The summed E-state index contributed by atoms with van der Waals surface area (Å²) < 4.78 is 9.77. The zero-order valence-electron chi connectivity index (χ0n) is 8.23. The lowest BCUT2D eigenvalue weighted by molar-refractivity contribution is -0.131. The molecule has 0 amide bonds. The van der Waals surface area contributed by atoms with Crippen molar-refractivity contribution >= 4 is 12.3 Å². The van der Waals surface area contributed by atoms with E-state index in [0.717, 1.165) is 0 Å². The van der Waals surface area contributed by atoms with E-state index in [-0.39, 0.29) is 5.57 Å². The molecule has 0 fully saturated rings. The highest BCUT2D eigenvalue weighted by molar-refractivity contribution is 6.07. The van der Waals surface area contributed by atoms with Crippen LogP contribution in [0.25, 0.3) is 0 Å². The van der Waals surface area contributed by atoms with E-state index < -0.39 is 5.97 Å². The molecule has 0 saturated carbocycles. The smallest absolute Gasteiger partial charge is 0.346 e. The SMILES string of the molecule is C=C(C=O)C(=O)Oc1ccc(OC)cc1. The summed E-state index contributed by atoms with van der Waals surface area (Å²) in [6, 6.07) is 6.42. The number of methoxy groups -OCH3 is 1. The normalized spacial score (nSPS) is 9.13. The predicted molar refractivity (Wildman–Crippen MR) is 53.8 cm³/mol. The highest BCUT2D eigenvalue weighted by Gasteiger charge is 2.08. The first-order valence-corrected chi connectivity index (χ1v) is 4.17. The largest absolute Gasteiger partial charge is 0.497 e. The van der Waals surface area contributed by atoms with E-state index in [1.54, 1.807) is 24.3 Å². The van der Waals surface area contributed by atoms with Gasteiger partial charge in [0.05, 0.1) is 12.7 Å². The van der Waals surface area contributed by atoms with E-state index in [9.17, 15) is 9.59 Å². The Hall–Kier alpha value is -2.10. The highest BCUT2D eigenvalue weighted by Crippen LogP contribution is 2.17. The summed E-state index contributed by atoms with van der Waals surface area (Å²) in [6.07, 6.45) is 0.353. The molecule has 0 atom stereocenters. The van der Waals surface area contributed by atoms with Gasteiger partial charge in [-0.25, -0.2) is 4.79 Å². The van der Waals surface area contributed by atoms with E-state index in [1.165, 1.54) is 7.11 Å². The van der Waals surface area contributed by atoms with Gasteiger partial charge in [-0.2, -0.15) is 0 Å². The molecule has 15 heavy (non-hydrogen) atoms. The standard InChI is InChI=1S/C11H10O4/c1-8(7-12)11(13)15-10-5-3-9(14-2)4-6-10/h3-7H,1H2,2H3. The van der Waals surface area contributed by atoms with Crippen molar-refractivity contribution in [1.82, 2.24) is 0 Å². The predicted octanol–water partition coefficient (Wildman–Crippen LogP) is 1.36. The molecule has 1 aromatic carbocycles. The Morgan fingerprint density at radius 3 is 2.27 bits per heavy atom. The van der Waals surface area contributed by atoms with Crippen molar-refractivity contribution in [3.8, 4) is 11.5 Å². The van der Waals surface area contributed by atoms with Crippen LogP contribution >= 0.6 is 0 Å². The molecule has 0 aliphatic carbocycles. The molecule has 4 heteroatoms. The van der Waals surface area contributed by atoms with E-state index in [2.05, 4.69) is 6.58 Å². The van der Waals surface area contributed by atoms with Crippen LogP contribution in [-0.4, -0.2) is 19.4 Å². The minimum absolute atomic E-state index is 0.217. The van der Waals surface area contributed by atoms with E-state index >= 15 is 0 Å². The first-order valence-electron chi connectivity index (χ1n) is 4.17. The van der Waals surface area contributed by atoms with Gasteiger partial charge < -0.3 is 9.47 Å². The monoisotopic (exact) mass is 206 g/mol. The lowest BCUT2D eigenvalue weighted by atomic mass is 10.3. The molecule has 0 aromatic heterocycles. The van der Waals surface area contributed by atoms with Crippen LogP contribution in [0.2, 0.25) is 0 Å². The molecular formula is C11H10O4. The topological polar surface area (TPSA) is 52.6 Å². The zero-order chi connectivity index (χ0) is 11.3. The maximum absolute atomic E-state index is 11.1. The van der Waals surface area contributed by atoms with Crippen LogP contribution in [-0.2, 0) is 9.59 Å². The van der Waals surface area contributed by atoms with Gasteiger partial charge in [0.15, 0.2) is 6.29 Å². The van der Waals surface area contributed by atoms with Gasteiger partial charge in [-0.15, -0.1) is 0 Å². The number of hydrogen-bond donors (Lipinski definition) is 0. The van der Waals surface area contributed by atoms with Crippen molar-refractivity contribution in [2.45, 2.75) is 0 Å². The van der Waals surface area contributed by atoms with Gasteiger partial charge >= 0.3 is 5.97 Å². The summed E-state index contributed by atoms with van der Waals surface area (Å²) in [6.45, 7) is 3.24. The van der Waals surface area contributed by atoms with E-state index in [1.807, 2.05) is 0 Å². The molecule has 4 nitrogen and oxygen atoms in total. The highest BCUT2D eigenvalue weighted by atomic mass is 16.5. The quantitative estimate of drug-likeness (QED) is 0.186. The average Bonchev–Trinajstić information content (AvgIpc) is 2.29. The van der Waals surface area contributed by atoms with Crippen molar-refractivity contribution in [3.63, 3.8) is 0 Å². The van der Waals surface area contributed by atoms with Crippen LogP contribution in [0.3, 0.4) is 0 Å². The number of ether oxygens (including phenoxy) is 2. The van der Waals surface area contributed by atoms with Crippen molar-refractivity contribution in [2.75, 3.05) is 7.11 Å². The minimum Gasteiger partial charge on any atom is -0.497 e. The average molecular weight is 206 g/mol. The first-order chi connectivity index (χ1) is 7.17. The molecule has 1 aromatic rings. The lowest BCUT2D eigenvalue weighted by Crippen LogP contribution is -2.10. The molecule has 0 bridgehead atoms. The number of aldehydes is 1. The molecular weight excluding hydrogens is 196 g/mol. The van der Waals surface area contributed by atoms with E-state index in [0.29, 0.717) is 17.8 Å². The molecule has 0 saturated heterocycles. The summed E-state index contributed by atoms with van der Waals surface area (Å²) in [5.74, 6) is 0.239. The number of benzene rings is 1. The number of esters is 1. The van der Waals surface area contributed by atoms with Gasteiger partial charge in [-0.3, -0.25) is 4.79 Å².